The Bertz CT molecular complexity index is 936. The number of carbonyl (C=O) groups is 1. The zero-order valence-corrected chi connectivity index (χ0v) is 15.5. The molecule has 0 saturated carbocycles. The molecule has 0 aliphatic carbocycles. The average Bonchev–Trinajstić information content (AvgIpc) is 3.01. The highest BCUT2D eigenvalue weighted by Crippen LogP contribution is 2.33. The Morgan fingerprint density at radius 1 is 1.20 bits per heavy atom. The van der Waals surface area contributed by atoms with Crippen molar-refractivity contribution in [2.24, 2.45) is 0 Å². The number of amides is 1. The standard InChI is InChI=1S/C20H19ClN2OS/c1-13(25-19-9-5-3-7-16(19)21)20(24)23-11-10-18-15(12-23)14-6-2-4-8-17(14)22-18/h2-9,13,22H,10-12H2,1H3. The molecule has 4 rings (SSSR count). The van der Waals surface area contributed by atoms with Gasteiger partial charge in [-0.2, -0.15) is 0 Å². The first-order chi connectivity index (χ1) is 12.1. The number of aromatic amines is 1. The molecule has 1 aromatic heterocycles. The van der Waals surface area contributed by atoms with E-state index in [4.69, 9.17) is 11.6 Å². The largest absolute Gasteiger partial charge is 0.358 e. The summed E-state index contributed by atoms with van der Waals surface area (Å²) in [5, 5.41) is 1.76. The Hall–Kier alpha value is -1.91. The number of thioether (sulfide) groups is 1. The number of nitrogens with one attached hydrogen (secondary N) is 1. The summed E-state index contributed by atoms with van der Waals surface area (Å²) in [4.78, 5) is 19.3. The van der Waals surface area contributed by atoms with Gasteiger partial charge in [0.15, 0.2) is 0 Å². The second-order valence-electron chi connectivity index (χ2n) is 6.33. The summed E-state index contributed by atoms with van der Waals surface area (Å²) in [5.41, 5.74) is 3.67. The molecule has 2 aromatic carbocycles. The topological polar surface area (TPSA) is 36.1 Å². The van der Waals surface area contributed by atoms with Crippen molar-refractivity contribution in [2.75, 3.05) is 6.54 Å². The molecule has 1 N–H and O–H groups in total. The lowest BCUT2D eigenvalue weighted by molar-refractivity contribution is -0.131. The number of benzene rings is 2. The van der Waals surface area contributed by atoms with Gasteiger partial charge in [-0.05, 0) is 25.1 Å². The molecule has 0 bridgehead atoms. The fourth-order valence-electron chi connectivity index (χ4n) is 3.39. The van der Waals surface area contributed by atoms with Crippen LogP contribution in [0.15, 0.2) is 53.4 Å². The fourth-order valence-corrected chi connectivity index (χ4v) is 4.63. The predicted molar refractivity (Wildman–Crippen MR) is 104 cm³/mol. The molecule has 3 aromatic rings. The molecular formula is C20H19ClN2OS. The monoisotopic (exact) mass is 370 g/mol. The van der Waals surface area contributed by atoms with Crippen molar-refractivity contribution in [1.29, 1.82) is 0 Å². The van der Waals surface area contributed by atoms with Crippen molar-refractivity contribution in [2.45, 2.75) is 30.0 Å². The van der Waals surface area contributed by atoms with Crippen LogP contribution in [-0.4, -0.2) is 27.6 Å². The number of hydrogen-bond acceptors (Lipinski definition) is 2. The summed E-state index contributed by atoms with van der Waals surface area (Å²) in [5.74, 6) is 0.167. The molecule has 128 valence electrons. The SMILES string of the molecule is CC(Sc1ccccc1Cl)C(=O)N1CCc2[nH]c3ccccc3c2C1. The predicted octanol–water partition coefficient (Wildman–Crippen LogP) is 4.89. The second kappa shape index (κ2) is 6.77. The average molecular weight is 371 g/mol. The molecule has 1 amide bonds. The number of H-pyrrole nitrogens is 1. The lowest BCUT2D eigenvalue weighted by Crippen LogP contribution is -2.40. The van der Waals surface area contributed by atoms with Crippen LogP contribution in [0.2, 0.25) is 5.02 Å². The van der Waals surface area contributed by atoms with Gasteiger partial charge in [0, 0.05) is 46.6 Å². The summed E-state index contributed by atoms with van der Waals surface area (Å²) < 4.78 is 0. The maximum absolute atomic E-state index is 12.9. The van der Waals surface area contributed by atoms with Gasteiger partial charge in [-0.25, -0.2) is 0 Å². The van der Waals surface area contributed by atoms with Crippen LogP contribution in [0.25, 0.3) is 10.9 Å². The van der Waals surface area contributed by atoms with E-state index < -0.39 is 0 Å². The lowest BCUT2D eigenvalue weighted by Gasteiger charge is -2.29. The summed E-state index contributed by atoms with van der Waals surface area (Å²) in [6.45, 7) is 3.39. The molecular weight excluding hydrogens is 352 g/mol. The van der Waals surface area contributed by atoms with Gasteiger partial charge >= 0.3 is 0 Å². The Morgan fingerprint density at radius 2 is 1.96 bits per heavy atom. The third-order valence-corrected chi connectivity index (χ3v) is 6.29. The van der Waals surface area contributed by atoms with Crippen molar-refractivity contribution in [3.63, 3.8) is 0 Å². The Balaban J connectivity index is 1.52. The third-order valence-electron chi connectivity index (χ3n) is 4.68. The van der Waals surface area contributed by atoms with E-state index in [0.29, 0.717) is 11.6 Å². The zero-order valence-electron chi connectivity index (χ0n) is 14.0. The molecule has 0 saturated heterocycles. The summed E-state index contributed by atoms with van der Waals surface area (Å²) in [6, 6.07) is 16.0. The van der Waals surface area contributed by atoms with E-state index in [9.17, 15) is 4.79 Å². The van der Waals surface area contributed by atoms with Crippen LogP contribution in [0.3, 0.4) is 0 Å². The van der Waals surface area contributed by atoms with Gasteiger partial charge in [0.1, 0.15) is 0 Å². The number of rotatable bonds is 3. The Kier molecular flexibility index (Phi) is 4.48. The number of para-hydroxylation sites is 1. The normalized spacial score (nSPS) is 15.2. The van der Waals surface area contributed by atoms with E-state index in [2.05, 4.69) is 17.1 Å². The molecule has 0 spiro atoms. The zero-order chi connectivity index (χ0) is 17.4. The van der Waals surface area contributed by atoms with Crippen molar-refractivity contribution in [1.82, 2.24) is 9.88 Å². The Labute approximate surface area is 156 Å². The molecule has 1 unspecified atom stereocenters. The number of carbonyl (C=O) groups excluding carboxylic acids is 1. The van der Waals surface area contributed by atoms with Crippen LogP contribution in [0.4, 0.5) is 0 Å². The van der Waals surface area contributed by atoms with Crippen LogP contribution in [0.1, 0.15) is 18.2 Å². The van der Waals surface area contributed by atoms with E-state index in [1.807, 2.05) is 48.2 Å². The fraction of sp³-hybridized carbons (Fsp3) is 0.250. The van der Waals surface area contributed by atoms with Gasteiger partial charge in [0.2, 0.25) is 5.91 Å². The van der Waals surface area contributed by atoms with Crippen LogP contribution in [0.5, 0.6) is 0 Å². The molecule has 3 nitrogen and oxygen atoms in total. The number of aromatic nitrogens is 1. The molecule has 1 aliphatic rings. The molecule has 5 heteroatoms. The highest BCUT2D eigenvalue weighted by Gasteiger charge is 2.27. The van der Waals surface area contributed by atoms with E-state index in [-0.39, 0.29) is 11.2 Å². The summed E-state index contributed by atoms with van der Waals surface area (Å²) in [6.07, 6.45) is 0.874. The smallest absolute Gasteiger partial charge is 0.236 e. The minimum absolute atomic E-state index is 0.161. The summed E-state index contributed by atoms with van der Waals surface area (Å²) in [7, 11) is 0. The van der Waals surface area contributed by atoms with Crippen molar-refractivity contribution >= 4 is 40.2 Å². The maximum Gasteiger partial charge on any atom is 0.236 e. The van der Waals surface area contributed by atoms with Crippen LogP contribution < -0.4 is 0 Å². The third kappa shape index (κ3) is 3.16. The van der Waals surface area contributed by atoms with E-state index in [1.54, 1.807) is 0 Å². The van der Waals surface area contributed by atoms with Crippen molar-refractivity contribution in [3.8, 4) is 0 Å². The van der Waals surface area contributed by atoms with Crippen molar-refractivity contribution in [3.05, 3.63) is 64.8 Å². The van der Waals surface area contributed by atoms with Crippen LogP contribution in [0, 0.1) is 0 Å². The highest BCUT2D eigenvalue weighted by molar-refractivity contribution is 8.00. The number of halogens is 1. The molecule has 1 aliphatic heterocycles. The summed E-state index contributed by atoms with van der Waals surface area (Å²) >= 11 is 7.75. The molecule has 0 radical (unpaired) electrons. The van der Waals surface area contributed by atoms with Crippen LogP contribution >= 0.6 is 23.4 Å². The quantitative estimate of drug-likeness (QED) is 0.666. The molecule has 2 heterocycles. The molecule has 25 heavy (non-hydrogen) atoms. The van der Waals surface area contributed by atoms with Crippen LogP contribution in [-0.2, 0) is 17.8 Å². The van der Waals surface area contributed by atoms with Gasteiger partial charge in [0.05, 0.1) is 10.3 Å². The maximum atomic E-state index is 12.9. The van der Waals surface area contributed by atoms with Gasteiger partial charge in [-0.3, -0.25) is 4.79 Å². The number of fused-ring (bicyclic) bond motifs is 3. The number of nitrogens with zero attached hydrogens (tertiary/aromatic N) is 1. The first kappa shape index (κ1) is 16.6. The van der Waals surface area contributed by atoms with E-state index >= 15 is 0 Å². The number of hydrogen-bond donors (Lipinski definition) is 1. The lowest BCUT2D eigenvalue weighted by atomic mass is 10.0. The first-order valence-electron chi connectivity index (χ1n) is 8.42. The first-order valence-corrected chi connectivity index (χ1v) is 9.67. The van der Waals surface area contributed by atoms with E-state index in [1.165, 1.54) is 28.4 Å². The Morgan fingerprint density at radius 3 is 2.80 bits per heavy atom. The van der Waals surface area contributed by atoms with Gasteiger partial charge in [0.25, 0.3) is 0 Å². The molecule has 1 atom stereocenters. The second-order valence-corrected chi connectivity index (χ2v) is 8.12. The van der Waals surface area contributed by atoms with E-state index in [0.717, 1.165) is 23.4 Å². The van der Waals surface area contributed by atoms with Gasteiger partial charge in [-0.1, -0.05) is 41.9 Å². The minimum atomic E-state index is -0.161. The molecule has 0 fully saturated rings. The van der Waals surface area contributed by atoms with Gasteiger partial charge in [-0.15, -0.1) is 11.8 Å². The highest BCUT2D eigenvalue weighted by atomic mass is 35.5. The van der Waals surface area contributed by atoms with Crippen molar-refractivity contribution < 1.29 is 4.79 Å². The van der Waals surface area contributed by atoms with Gasteiger partial charge < -0.3 is 9.88 Å². The minimum Gasteiger partial charge on any atom is -0.358 e.